The lowest BCUT2D eigenvalue weighted by molar-refractivity contribution is 0.301. The van der Waals surface area contributed by atoms with Crippen LogP contribution in [-0.2, 0) is 6.61 Å². The highest BCUT2D eigenvalue weighted by atomic mass is 32.1. The Morgan fingerprint density at radius 3 is 2.45 bits per heavy atom. The fraction of sp³-hybridized carbons (Fsp3) is 0.0625. The molecule has 0 radical (unpaired) electrons. The van der Waals surface area contributed by atoms with E-state index >= 15 is 0 Å². The van der Waals surface area contributed by atoms with Crippen molar-refractivity contribution in [2.45, 2.75) is 6.61 Å². The molecule has 3 nitrogen and oxygen atoms in total. The molecule has 1 N–H and O–H groups in total. The summed E-state index contributed by atoms with van der Waals surface area (Å²) < 4.78 is 5.62. The van der Waals surface area contributed by atoms with Crippen LogP contribution in [0.25, 0.3) is 10.9 Å². The Labute approximate surface area is 124 Å². The average Bonchev–Trinajstić information content (AvgIpc) is 2.46. The van der Waals surface area contributed by atoms with Crippen molar-refractivity contribution in [3.05, 3.63) is 66.4 Å². The lowest BCUT2D eigenvalue weighted by Gasteiger charge is -2.06. The molecule has 20 heavy (non-hydrogen) atoms. The second kappa shape index (κ2) is 6.30. The van der Waals surface area contributed by atoms with Crippen molar-refractivity contribution < 1.29 is 9.84 Å². The molecular weight excluding hydrogens is 270 g/mol. The standard InChI is InChI=1S/C16H13NO2.H2S/c18-14-7-9-15(10-8-14)19-11-13-6-5-12-3-1-2-4-16(12)17-13;/h1-10,18H,11H2;1H2. The number of aromatic nitrogens is 1. The minimum atomic E-state index is 0. The van der Waals surface area contributed by atoms with E-state index in [-0.39, 0.29) is 19.2 Å². The van der Waals surface area contributed by atoms with Gasteiger partial charge in [-0.3, -0.25) is 0 Å². The quantitative estimate of drug-likeness (QED) is 0.799. The van der Waals surface area contributed by atoms with Crippen molar-refractivity contribution in [1.29, 1.82) is 0 Å². The molecule has 0 spiro atoms. The zero-order valence-corrected chi connectivity index (χ0v) is 11.8. The first kappa shape index (κ1) is 14.2. The van der Waals surface area contributed by atoms with Gasteiger partial charge in [0.25, 0.3) is 0 Å². The summed E-state index contributed by atoms with van der Waals surface area (Å²) in [5.74, 6) is 0.948. The van der Waals surface area contributed by atoms with Crippen LogP contribution in [0.15, 0.2) is 60.7 Å². The first-order chi connectivity index (χ1) is 9.31. The molecular formula is C16H15NO2S. The number of hydrogen-bond donors (Lipinski definition) is 1. The molecule has 1 heterocycles. The van der Waals surface area contributed by atoms with E-state index in [0.29, 0.717) is 12.4 Å². The van der Waals surface area contributed by atoms with E-state index in [1.807, 2.05) is 36.4 Å². The SMILES string of the molecule is Oc1ccc(OCc2ccc3ccccc3n2)cc1.S. The Morgan fingerprint density at radius 2 is 1.65 bits per heavy atom. The van der Waals surface area contributed by atoms with Gasteiger partial charge in [-0.2, -0.15) is 13.5 Å². The van der Waals surface area contributed by atoms with Crippen molar-refractivity contribution in [2.24, 2.45) is 0 Å². The van der Waals surface area contributed by atoms with Crippen molar-refractivity contribution in [3.8, 4) is 11.5 Å². The number of aromatic hydroxyl groups is 1. The highest BCUT2D eigenvalue weighted by Crippen LogP contribution is 2.18. The normalized spacial score (nSPS) is 10.0. The van der Waals surface area contributed by atoms with Crippen LogP contribution in [0.4, 0.5) is 0 Å². The van der Waals surface area contributed by atoms with Gasteiger partial charge < -0.3 is 9.84 Å². The van der Waals surface area contributed by atoms with Crippen molar-refractivity contribution >= 4 is 24.4 Å². The maximum Gasteiger partial charge on any atom is 0.130 e. The predicted octanol–water partition coefficient (Wildman–Crippen LogP) is 3.63. The Bertz CT molecular complexity index is 698. The van der Waals surface area contributed by atoms with Crippen LogP contribution in [0, 0.1) is 0 Å². The fourth-order valence-electron chi connectivity index (χ4n) is 1.89. The molecule has 0 fully saturated rings. The van der Waals surface area contributed by atoms with E-state index in [1.54, 1.807) is 24.3 Å². The summed E-state index contributed by atoms with van der Waals surface area (Å²) in [5, 5.41) is 10.3. The van der Waals surface area contributed by atoms with Crippen LogP contribution in [0.3, 0.4) is 0 Å². The highest BCUT2D eigenvalue weighted by molar-refractivity contribution is 7.59. The van der Waals surface area contributed by atoms with Crippen LogP contribution in [0.2, 0.25) is 0 Å². The van der Waals surface area contributed by atoms with Crippen molar-refractivity contribution in [3.63, 3.8) is 0 Å². The van der Waals surface area contributed by atoms with E-state index < -0.39 is 0 Å². The van der Waals surface area contributed by atoms with E-state index in [1.165, 1.54) is 0 Å². The first-order valence-corrected chi connectivity index (χ1v) is 6.08. The molecule has 0 amide bonds. The first-order valence-electron chi connectivity index (χ1n) is 6.08. The van der Waals surface area contributed by atoms with Gasteiger partial charge in [0.2, 0.25) is 0 Å². The zero-order chi connectivity index (χ0) is 13.1. The second-order valence-electron chi connectivity index (χ2n) is 4.28. The van der Waals surface area contributed by atoms with Gasteiger partial charge in [-0.15, -0.1) is 0 Å². The maximum atomic E-state index is 9.19. The lowest BCUT2D eigenvalue weighted by atomic mass is 10.2. The second-order valence-corrected chi connectivity index (χ2v) is 4.28. The van der Waals surface area contributed by atoms with E-state index in [0.717, 1.165) is 16.6 Å². The molecule has 0 atom stereocenters. The number of para-hydroxylation sites is 1. The smallest absolute Gasteiger partial charge is 0.130 e. The number of pyridine rings is 1. The topological polar surface area (TPSA) is 42.4 Å². The zero-order valence-electron chi connectivity index (χ0n) is 10.8. The van der Waals surface area contributed by atoms with Gasteiger partial charge in [0, 0.05) is 5.39 Å². The van der Waals surface area contributed by atoms with Gasteiger partial charge in [-0.05, 0) is 36.4 Å². The van der Waals surface area contributed by atoms with Crippen LogP contribution >= 0.6 is 13.5 Å². The number of phenols is 1. The molecule has 1 aromatic heterocycles. The number of phenolic OH excluding ortho intramolecular Hbond substituents is 1. The van der Waals surface area contributed by atoms with Crippen LogP contribution < -0.4 is 4.74 Å². The summed E-state index contributed by atoms with van der Waals surface area (Å²) in [6.45, 7) is 0.412. The largest absolute Gasteiger partial charge is 0.508 e. The summed E-state index contributed by atoms with van der Waals surface area (Å²) in [4.78, 5) is 4.53. The van der Waals surface area contributed by atoms with Gasteiger partial charge >= 0.3 is 0 Å². The van der Waals surface area contributed by atoms with Crippen LogP contribution in [0.5, 0.6) is 11.5 Å². The minimum absolute atomic E-state index is 0. The highest BCUT2D eigenvalue weighted by Gasteiger charge is 2.00. The van der Waals surface area contributed by atoms with E-state index in [9.17, 15) is 5.11 Å². The molecule has 0 saturated heterocycles. The number of nitrogens with zero attached hydrogens (tertiary/aromatic N) is 1. The predicted molar refractivity (Wildman–Crippen MR) is 84.6 cm³/mol. The molecule has 2 aromatic carbocycles. The Morgan fingerprint density at radius 1 is 0.900 bits per heavy atom. The molecule has 3 aromatic rings. The summed E-state index contributed by atoms with van der Waals surface area (Å²) in [6, 6.07) is 18.7. The van der Waals surface area contributed by atoms with Crippen LogP contribution in [-0.4, -0.2) is 10.1 Å². The molecule has 0 unspecified atom stereocenters. The molecule has 0 saturated carbocycles. The van der Waals surface area contributed by atoms with Gasteiger partial charge in [0.15, 0.2) is 0 Å². The Kier molecular flexibility index (Phi) is 4.48. The molecule has 0 bridgehead atoms. The lowest BCUT2D eigenvalue weighted by Crippen LogP contribution is -1.98. The van der Waals surface area contributed by atoms with Gasteiger partial charge in [-0.1, -0.05) is 24.3 Å². The number of hydrogen-bond acceptors (Lipinski definition) is 3. The summed E-state index contributed by atoms with van der Waals surface area (Å²) in [5.41, 5.74) is 1.85. The molecule has 0 aliphatic carbocycles. The number of benzene rings is 2. The number of fused-ring (bicyclic) bond motifs is 1. The van der Waals surface area contributed by atoms with Gasteiger partial charge in [0.05, 0.1) is 11.2 Å². The van der Waals surface area contributed by atoms with Crippen molar-refractivity contribution in [1.82, 2.24) is 4.98 Å². The molecule has 0 aliphatic heterocycles. The van der Waals surface area contributed by atoms with Crippen LogP contribution in [0.1, 0.15) is 5.69 Å². The van der Waals surface area contributed by atoms with Gasteiger partial charge in [0.1, 0.15) is 18.1 Å². The third-order valence-electron chi connectivity index (χ3n) is 2.88. The number of rotatable bonds is 3. The Hall–Kier alpha value is -2.20. The summed E-state index contributed by atoms with van der Waals surface area (Å²) in [6.07, 6.45) is 0. The number of ether oxygens (including phenoxy) is 1. The summed E-state index contributed by atoms with van der Waals surface area (Å²) in [7, 11) is 0. The third kappa shape index (κ3) is 3.22. The fourth-order valence-corrected chi connectivity index (χ4v) is 1.89. The third-order valence-corrected chi connectivity index (χ3v) is 2.88. The minimum Gasteiger partial charge on any atom is -0.508 e. The van der Waals surface area contributed by atoms with E-state index in [2.05, 4.69) is 4.98 Å². The van der Waals surface area contributed by atoms with Gasteiger partial charge in [-0.25, -0.2) is 4.98 Å². The Balaban J connectivity index is 0.00000147. The molecule has 0 aliphatic rings. The van der Waals surface area contributed by atoms with Crippen molar-refractivity contribution in [2.75, 3.05) is 0 Å². The molecule has 3 rings (SSSR count). The van der Waals surface area contributed by atoms with E-state index in [4.69, 9.17) is 4.74 Å². The summed E-state index contributed by atoms with van der Waals surface area (Å²) >= 11 is 0. The monoisotopic (exact) mass is 285 g/mol. The average molecular weight is 285 g/mol. The molecule has 102 valence electrons. The molecule has 4 heteroatoms. The maximum absolute atomic E-state index is 9.19.